The summed E-state index contributed by atoms with van der Waals surface area (Å²) >= 11 is 5.72. The fourth-order valence-electron chi connectivity index (χ4n) is 2.61. The Kier molecular flexibility index (Phi) is 6.01. The molecule has 0 radical (unpaired) electrons. The third kappa shape index (κ3) is 4.72. The van der Waals surface area contributed by atoms with Crippen molar-refractivity contribution in [2.45, 2.75) is 6.54 Å². The lowest BCUT2D eigenvalue weighted by Crippen LogP contribution is -2.26. The number of hydrogen-bond acceptors (Lipinski definition) is 3. The molecule has 3 aromatic rings. The fraction of sp³-hybridized carbons (Fsp3) is 0.0952. The zero-order valence-corrected chi connectivity index (χ0v) is 15.8. The monoisotopic (exact) mass is 397 g/mol. The van der Waals surface area contributed by atoms with Crippen molar-refractivity contribution in [3.8, 4) is 0 Å². The molecule has 0 atom stereocenters. The van der Waals surface area contributed by atoms with Crippen LogP contribution in [0.25, 0.3) is 0 Å². The molecule has 0 fully saturated rings. The molecule has 7 heteroatoms. The largest absolute Gasteiger partial charge is 0.337 e. The molecule has 0 unspecified atom stereocenters. The van der Waals surface area contributed by atoms with Gasteiger partial charge in [-0.3, -0.25) is 14.6 Å². The van der Waals surface area contributed by atoms with Gasteiger partial charge in [0.25, 0.3) is 11.8 Å². The minimum atomic E-state index is -0.574. The third-order valence-electron chi connectivity index (χ3n) is 4.03. The maximum Gasteiger partial charge on any atom is 0.257 e. The van der Waals surface area contributed by atoms with Crippen molar-refractivity contribution >= 4 is 29.1 Å². The number of benzene rings is 2. The summed E-state index contributed by atoms with van der Waals surface area (Å²) in [6, 6.07) is 14.9. The highest BCUT2D eigenvalue weighted by Crippen LogP contribution is 2.20. The van der Waals surface area contributed by atoms with E-state index < -0.39 is 11.7 Å². The van der Waals surface area contributed by atoms with Crippen molar-refractivity contribution in [2.75, 3.05) is 12.4 Å². The van der Waals surface area contributed by atoms with Crippen LogP contribution < -0.4 is 5.32 Å². The number of carbonyl (C=O) groups excluding carboxylic acids is 2. The van der Waals surface area contributed by atoms with E-state index in [2.05, 4.69) is 10.3 Å². The van der Waals surface area contributed by atoms with Crippen LogP contribution in [0.1, 0.15) is 26.3 Å². The standard InChI is InChI=1S/C21H17ClFN3O2/c1-26(13-14-5-3-2-4-6-14)21(28)16-9-15(11-24-12-16)20(27)25-17-7-8-19(23)18(22)10-17/h2-12H,13H2,1H3,(H,25,27). The third-order valence-corrected chi connectivity index (χ3v) is 4.32. The van der Waals surface area contributed by atoms with Crippen LogP contribution in [0.15, 0.2) is 67.0 Å². The van der Waals surface area contributed by atoms with Crippen LogP contribution in [0.4, 0.5) is 10.1 Å². The number of rotatable bonds is 5. The first kappa shape index (κ1) is 19.5. The number of anilines is 1. The second-order valence-corrected chi connectivity index (χ2v) is 6.60. The normalized spacial score (nSPS) is 10.4. The number of nitrogens with zero attached hydrogens (tertiary/aromatic N) is 2. The summed E-state index contributed by atoms with van der Waals surface area (Å²) < 4.78 is 13.2. The molecule has 0 saturated carbocycles. The van der Waals surface area contributed by atoms with E-state index in [1.54, 1.807) is 11.9 Å². The van der Waals surface area contributed by atoms with Crippen LogP contribution in [0.5, 0.6) is 0 Å². The number of pyridine rings is 1. The van der Waals surface area contributed by atoms with Gasteiger partial charge in [0.05, 0.1) is 16.1 Å². The van der Waals surface area contributed by atoms with Gasteiger partial charge in [-0.15, -0.1) is 0 Å². The number of amides is 2. The molecule has 3 rings (SSSR count). The quantitative estimate of drug-likeness (QED) is 0.694. The molecule has 0 aliphatic heterocycles. The lowest BCUT2D eigenvalue weighted by atomic mass is 10.1. The lowest BCUT2D eigenvalue weighted by molar-refractivity contribution is 0.0784. The summed E-state index contributed by atoms with van der Waals surface area (Å²) in [5.41, 5.74) is 1.84. The fourth-order valence-corrected chi connectivity index (χ4v) is 2.79. The summed E-state index contributed by atoms with van der Waals surface area (Å²) in [6.45, 7) is 0.435. The minimum absolute atomic E-state index is 0.0950. The van der Waals surface area contributed by atoms with E-state index in [9.17, 15) is 14.0 Å². The van der Waals surface area contributed by atoms with E-state index in [1.165, 1.54) is 30.6 Å². The first-order chi connectivity index (χ1) is 13.4. The Balaban J connectivity index is 1.72. The molecular formula is C21H17ClFN3O2. The molecule has 1 heterocycles. The van der Waals surface area contributed by atoms with Gasteiger partial charge in [0.1, 0.15) is 5.82 Å². The Morgan fingerprint density at radius 1 is 1.07 bits per heavy atom. The van der Waals surface area contributed by atoms with Crippen LogP contribution in [-0.2, 0) is 6.54 Å². The molecule has 28 heavy (non-hydrogen) atoms. The molecule has 0 spiro atoms. The van der Waals surface area contributed by atoms with Crippen molar-refractivity contribution < 1.29 is 14.0 Å². The molecule has 2 amide bonds. The predicted molar refractivity (Wildman–Crippen MR) is 106 cm³/mol. The molecule has 5 nitrogen and oxygen atoms in total. The molecule has 0 bridgehead atoms. The number of hydrogen-bond donors (Lipinski definition) is 1. The molecule has 0 saturated heterocycles. The Bertz CT molecular complexity index is 1010. The molecular weight excluding hydrogens is 381 g/mol. The molecule has 142 valence electrons. The van der Waals surface area contributed by atoms with Crippen molar-refractivity contribution in [2.24, 2.45) is 0 Å². The molecule has 1 aromatic heterocycles. The number of aromatic nitrogens is 1. The molecule has 0 aliphatic rings. The SMILES string of the molecule is CN(Cc1ccccc1)C(=O)c1cncc(C(=O)Nc2ccc(F)c(Cl)c2)c1. The van der Waals surface area contributed by atoms with E-state index in [-0.39, 0.29) is 16.5 Å². The van der Waals surface area contributed by atoms with Gasteiger partial charge in [-0.1, -0.05) is 41.9 Å². The summed E-state index contributed by atoms with van der Waals surface area (Å²) in [6.07, 6.45) is 2.77. The van der Waals surface area contributed by atoms with E-state index >= 15 is 0 Å². The van der Waals surface area contributed by atoms with E-state index in [0.29, 0.717) is 17.8 Å². The van der Waals surface area contributed by atoms with Gasteiger partial charge in [-0.05, 0) is 29.8 Å². The van der Waals surface area contributed by atoms with Crippen LogP contribution in [-0.4, -0.2) is 28.7 Å². The molecule has 1 N–H and O–H groups in total. The Morgan fingerprint density at radius 3 is 2.50 bits per heavy atom. The van der Waals surface area contributed by atoms with Gasteiger partial charge >= 0.3 is 0 Å². The van der Waals surface area contributed by atoms with Gasteiger partial charge < -0.3 is 10.2 Å². The maximum atomic E-state index is 13.2. The van der Waals surface area contributed by atoms with Crippen molar-refractivity contribution in [1.29, 1.82) is 0 Å². The first-order valence-electron chi connectivity index (χ1n) is 8.45. The summed E-state index contributed by atoms with van der Waals surface area (Å²) in [7, 11) is 1.68. The highest BCUT2D eigenvalue weighted by atomic mass is 35.5. The van der Waals surface area contributed by atoms with E-state index in [4.69, 9.17) is 11.6 Å². The number of nitrogens with one attached hydrogen (secondary N) is 1. The van der Waals surface area contributed by atoms with Gasteiger partial charge in [-0.25, -0.2) is 4.39 Å². The topological polar surface area (TPSA) is 62.3 Å². The van der Waals surface area contributed by atoms with Gasteiger partial charge in [0.2, 0.25) is 0 Å². The summed E-state index contributed by atoms with van der Waals surface area (Å²) in [5, 5.41) is 2.51. The van der Waals surface area contributed by atoms with Gasteiger partial charge in [0.15, 0.2) is 0 Å². The van der Waals surface area contributed by atoms with E-state index in [1.807, 2.05) is 30.3 Å². The van der Waals surface area contributed by atoms with Crippen LogP contribution >= 0.6 is 11.6 Å². The zero-order chi connectivity index (χ0) is 20.1. The average molecular weight is 398 g/mol. The maximum absolute atomic E-state index is 13.2. The highest BCUT2D eigenvalue weighted by Gasteiger charge is 2.16. The van der Waals surface area contributed by atoms with Crippen molar-refractivity contribution in [3.05, 3.63) is 94.5 Å². The van der Waals surface area contributed by atoms with Crippen molar-refractivity contribution in [3.63, 3.8) is 0 Å². The smallest absolute Gasteiger partial charge is 0.257 e. The number of carbonyl (C=O) groups is 2. The van der Waals surface area contributed by atoms with Crippen LogP contribution in [0.2, 0.25) is 5.02 Å². The highest BCUT2D eigenvalue weighted by molar-refractivity contribution is 6.31. The molecule has 2 aromatic carbocycles. The van der Waals surface area contributed by atoms with E-state index in [0.717, 1.165) is 11.6 Å². The minimum Gasteiger partial charge on any atom is -0.337 e. The Hall–Kier alpha value is -3.25. The zero-order valence-electron chi connectivity index (χ0n) is 15.0. The van der Waals surface area contributed by atoms with Crippen LogP contribution in [0.3, 0.4) is 0 Å². The molecule has 0 aliphatic carbocycles. The predicted octanol–water partition coefficient (Wildman–Crippen LogP) is 4.40. The average Bonchev–Trinajstić information content (AvgIpc) is 2.71. The first-order valence-corrected chi connectivity index (χ1v) is 8.82. The second-order valence-electron chi connectivity index (χ2n) is 6.19. The van der Waals surface area contributed by atoms with Crippen molar-refractivity contribution in [1.82, 2.24) is 9.88 Å². The Morgan fingerprint density at radius 2 is 1.79 bits per heavy atom. The lowest BCUT2D eigenvalue weighted by Gasteiger charge is -2.17. The summed E-state index contributed by atoms with van der Waals surface area (Å²) in [5.74, 6) is -1.30. The van der Waals surface area contributed by atoms with Gasteiger partial charge in [-0.2, -0.15) is 0 Å². The Labute approximate surface area is 166 Å². The number of halogens is 2. The summed E-state index contributed by atoms with van der Waals surface area (Å²) in [4.78, 5) is 30.6. The second kappa shape index (κ2) is 8.63. The van der Waals surface area contributed by atoms with Gasteiger partial charge in [0, 0.05) is 31.7 Å². The van der Waals surface area contributed by atoms with Crippen LogP contribution in [0, 0.1) is 5.82 Å².